The minimum absolute atomic E-state index is 0.362. The molecule has 0 aromatic rings. The molecule has 0 amide bonds. The molecule has 1 atom stereocenters. The molecule has 52 valence electrons. The van der Waals surface area contributed by atoms with E-state index in [1.165, 1.54) is 5.70 Å². The summed E-state index contributed by atoms with van der Waals surface area (Å²) in [5.41, 5.74) is 1.20. The SMILES string of the molecule is BrC1=CNC2C=CNC2=C1. The van der Waals surface area contributed by atoms with Crippen molar-refractivity contribution in [3.8, 4) is 0 Å². The van der Waals surface area contributed by atoms with Gasteiger partial charge in [0.1, 0.15) is 0 Å². The van der Waals surface area contributed by atoms with Crippen molar-refractivity contribution in [3.05, 3.63) is 34.7 Å². The average Bonchev–Trinajstić information content (AvgIpc) is 2.33. The summed E-state index contributed by atoms with van der Waals surface area (Å²) in [4.78, 5) is 0. The van der Waals surface area contributed by atoms with Crippen molar-refractivity contribution in [2.75, 3.05) is 0 Å². The third-order valence-electron chi connectivity index (χ3n) is 1.57. The molecule has 2 nitrogen and oxygen atoms in total. The van der Waals surface area contributed by atoms with Gasteiger partial charge in [-0.1, -0.05) is 0 Å². The van der Waals surface area contributed by atoms with Gasteiger partial charge in [0, 0.05) is 16.4 Å². The molecule has 0 radical (unpaired) electrons. The molecule has 0 aromatic carbocycles. The molecular weight excluding hydrogens is 192 g/mol. The first kappa shape index (κ1) is 6.04. The van der Waals surface area contributed by atoms with Gasteiger partial charge < -0.3 is 10.6 Å². The Kier molecular flexibility index (Phi) is 1.31. The van der Waals surface area contributed by atoms with E-state index < -0.39 is 0 Å². The number of hydrogen-bond donors (Lipinski definition) is 2. The van der Waals surface area contributed by atoms with Gasteiger partial charge in [0.25, 0.3) is 0 Å². The fourth-order valence-electron chi connectivity index (χ4n) is 1.07. The van der Waals surface area contributed by atoms with E-state index in [0.717, 1.165) is 4.48 Å². The lowest BCUT2D eigenvalue weighted by molar-refractivity contribution is 0.772. The number of fused-ring (bicyclic) bond motifs is 1. The maximum absolute atomic E-state index is 3.38. The van der Waals surface area contributed by atoms with E-state index in [1.807, 2.05) is 12.4 Å². The lowest BCUT2D eigenvalue weighted by atomic mass is 10.2. The van der Waals surface area contributed by atoms with Crippen LogP contribution < -0.4 is 10.6 Å². The monoisotopic (exact) mass is 198 g/mol. The molecule has 3 heteroatoms. The molecule has 0 spiro atoms. The number of rotatable bonds is 0. The molecule has 10 heavy (non-hydrogen) atoms. The van der Waals surface area contributed by atoms with E-state index in [2.05, 4.69) is 38.7 Å². The topological polar surface area (TPSA) is 24.1 Å². The average molecular weight is 199 g/mol. The second kappa shape index (κ2) is 2.16. The van der Waals surface area contributed by atoms with Gasteiger partial charge in [0.2, 0.25) is 0 Å². The second-order valence-electron chi connectivity index (χ2n) is 2.28. The highest BCUT2D eigenvalue weighted by Gasteiger charge is 2.16. The van der Waals surface area contributed by atoms with Crippen LogP contribution in [0.4, 0.5) is 0 Å². The van der Waals surface area contributed by atoms with Crippen LogP contribution in [-0.2, 0) is 0 Å². The zero-order valence-corrected chi connectivity index (χ0v) is 6.85. The van der Waals surface area contributed by atoms with Gasteiger partial charge in [-0.3, -0.25) is 0 Å². The minimum Gasteiger partial charge on any atom is -0.378 e. The number of dihydropyridines is 1. The van der Waals surface area contributed by atoms with Crippen LogP contribution in [0.3, 0.4) is 0 Å². The van der Waals surface area contributed by atoms with Crippen molar-refractivity contribution >= 4 is 15.9 Å². The highest BCUT2D eigenvalue weighted by atomic mass is 79.9. The number of hydrogen-bond acceptors (Lipinski definition) is 2. The van der Waals surface area contributed by atoms with Crippen LogP contribution >= 0.6 is 15.9 Å². The number of halogens is 1. The molecule has 2 heterocycles. The Morgan fingerprint density at radius 1 is 1.50 bits per heavy atom. The molecule has 2 rings (SSSR count). The number of nitrogens with one attached hydrogen (secondary N) is 2. The quantitative estimate of drug-likeness (QED) is 0.612. The van der Waals surface area contributed by atoms with Gasteiger partial charge in [-0.2, -0.15) is 0 Å². The molecule has 0 bridgehead atoms. The van der Waals surface area contributed by atoms with Gasteiger partial charge >= 0.3 is 0 Å². The normalized spacial score (nSPS) is 27.9. The molecule has 0 fully saturated rings. The Balaban J connectivity index is 2.29. The number of allylic oxidation sites excluding steroid dienone is 2. The largest absolute Gasteiger partial charge is 0.378 e. The van der Waals surface area contributed by atoms with E-state index in [-0.39, 0.29) is 0 Å². The van der Waals surface area contributed by atoms with Gasteiger partial charge in [0.05, 0.1) is 6.04 Å². The van der Waals surface area contributed by atoms with E-state index in [0.29, 0.717) is 6.04 Å². The van der Waals surface area contributed by atoms with Crippen LogP contribution in [0.25, 0.3) is 0 Å². The first-order valence-electron chi connectivity index (χ1n) is 3.13. The van der Waals surface area contributed by atoms with Crippen molar-refractivity contribution in [1.82, 2.24) is 10.6 Å². The second-order valence-corrected chi connectivity index (χ2v) is 3.19. The minimum atomic E-state index is 0.362. The van der Waals surface area contributed by atoms with Crippen LogP contribution in [0.2, 0.25) is 0 Å². The maximum Gasteiger partial charge on any atom is 0.0860 e. The van der Waals surface area contributed by atoms with Crippen LogP contribution in [0.1, 0.15) is 0 Å². The summed E-state index contributed by atoms with van der Waals surface area (Å²) >= 11 is 3.38. The zero-order chi connectivity index (χ0) is 6.97. The van der Waals surface area contributed by atoms with Gasteiger partial charge in [-0.05, 0) is 34.3 Å². The van der Waals surface area contributed by atoms with Crippen molar-refractivity contribution in [3.63, 3.8) is 0 Å². The van der Waals surface area contributed by atoms with Crippen LogP contribution in [0.5, 0.6) is 0 Å². The summed E-state index contributed by atoms with van der Waals surface area (Å²) in [6, 6.07) is 0.362. The molecule has 0 aliphatic carbocycles. The molecule has 0 saturated heterocycles. The fourth-order valence-corrected chi connectivity index (χ4v) is 1.45. The molecule has 0 aromatic heterocycles. The Morgan fingerprint density at radius 2 is 2.40 bits per heavy atom. The highest BCUT2D eigenvalue weighted by Crippen LogP contribution is 2.18. The predicted octanol–water partition coefficient (Wildman–Crippen LogP) is 1.20. The fraction of sp³-hybridized carbons (Fsp3) is 0.143. The third kappa shape index (κ3) is 0.865. The third-order valence-corrected chi connectivity index (χ3v) is 2.03. The van der Waals surface area contributed by atoms with E-state index in [9.17, 15) is 0 Å². The molecular formula is C7H7BrN2. The summed E-state index contributed by atoms with van der Waals surface area (Å²) in [6.45, 7) is 0. The van der Waals surface area contributed by atoms with E-state index in [1.54, 1.807) is 0 Å². The van der Waals surface area contributed by atoms with E-state index >= 15 is 0 Å². The first-order chi connectivity index (χ1) is 4.86. The summed E-state index contributed by atoms with van der Waals surface area (Å²) in [7, 11) is 0. The standard InChI is InChI=1S/C7H7BrN2/c8-5-3-7-6(10-4-5)1-2-9-7/h1-4,6,9-10H. The zero-order valence-electron chi connectivity index (χ0n) is 5.26. The van der Waals surface area contributed by atoms with Gasteiger partial charge in [-0.25, -0.2) is 0 Å². The summed E-state index contributed by atoms with van der Waals surface area (Å²) in [6.07, 6.45) is 8.05. The molecule has 2 aliphatic heterocycles. The maximum atomic E-state index is 3.38. The van der Waals surface area contributed by atoms with Crippen LogP contribution in [0.15, 0.2) is 34.7 Å². The lowest BCUT2D eigenvalue weighted by Gasteiger charge is -2.15. The van der Waals surface area contributed by atoms with Crippen molar-refractivity contribution in [1.29, 1.82) is 0 Å². The lowest BCUT2D eigenvalue weighted by Crippen LogP contribution is -2.27. The molecule has 1 unspecified atom stereocenters. The Hall–Kier alpha value is -0.700. The first-order valence-corrected chi connectivity index (χ1v) is 3.92. The van der Waals surface area contributed by atoms with Crippen LogP contribution in [0, 0.1) is 0 Å². The van der Waals surface area contributed by atoms with Crippen molar-refractivity contribution in [2.24, 2.45) is 0 Å². The Morgan fingerprint density at radius 3 is 3.30 bits per heavy atom. The van der Waals surface area contributed by atoms with Crippen molar-refractivity contribution < 1.29 is 0 Å². The van der Waals surface area contributed by atoms with E-state index in [4.69, 9.17) is 0 Å². The molecule has 2 aliphatic rings. The predicted molar refractivity (Wildman–Crippen MR) is 44.3 cm³/mol. The summed E-state index contributed by atoms with van der Waals surface area (Å²) in [5.74, 6) is 0. The van der Waals surface area contributed by atoms with Gasteiger partial charge in [0.15, 0.2) is 0 Å². The van der Waals surface area contributed by atoms with Gasteiger partial charge in [-0.15, -0.1) is 0 Å². The summed E-state index contributed by atoms with van der Waals surface area (Å²) < 4.78 is 1.08. The molecule has 0 saturated carbocycles. The van der Waals surface area contributed by atoms with Crippen molar-refractivity contribution in [2.45, 2.75) is 6.04 Å². The smallest absolute Gasteiger partial charge is 0.0860 e. The molecule has 2 N–H and O–H groups in total. The Labute approximate surface area is 67.8 Å². The Bertz CT molecular complexity index is 240. The summed E-state index contributed by atoms with van der Waals surface area (Å²) in [5, 5.41) is 6.34. The van der Waals surface area contributed by atoms with Crippen LogP contribution in [-0.4, -0.2) is 6.04 Å². The highest BCUT2D eigenvalue weighted by molar-refractivity contribution is 9.11.